The maximum atomic E-state index is 13.4. The Bertz CT molecular complexity index is 664. The van der Waals surface area contributed by atoms with Gasteiger partial charge in [0, 0.05) is 18.3 Å². The lowest BCUT2D eigenvalue weighted by Gasteiger charge is -2.08. The van der Waals surface area contributed by atoms with Gasteiger partial charge < -0.3 is 5.32 Å². The smallest absolute Gasteiger partial charge is 0.271 e. The molecule has 0 spiro atoms. The molecule has 2 rings (SSSR count). The van der Waals surface area contributed by atoms with E-state index in [0.29, 0.717) is 5.56 Å². The summed E-state index contributed by atoms with van der Waals surface area (Å²) in [6.45, 7) is 0.0176. The largest absolute Gasteiger partial charge is 0.346 e. The molecule has 20 heavy (non-hydrogen) atoms. The lowest BCUT2D eigenvalue weighted by Crippen LogP contribution is -2.24. The molecule has 2 aromatic rings. The highest BCUT2D eigenvalue weighted by molar-refractivity contribution is 6.48. The molecule has 1 amide bonds. The zero-order chi connectivity index (χ0) is 14.7. The minimum absolute atomic E-state index is 0.0176. The lowest BCUT2D eigenvalue weighted by molar-refractivity contribution is 0.0946. The molecule has 0 bridgehead atoms. The molecule has 104 valence electrons. The van der Waals surface area contributed by atoms with Crippen LogP contribution in [0.3, 0.4) is 0 Å². The van der Waals surface area contributed by atoms with Gasteiger partial charge >= 0.3 is 0 Å². The number of nitrogens with one attached hydrogen (secondary N) is 1. The highest BCUT2D eigenvalue weighted by Gasteiger charge is 2.17. The average Bonchev–Trinajstić information content (AvgIpc) is 2.44. The van der Waals surface area contributed by atoms with E-state index in [1.54, 1.807) is 18.2 Å². The summed E-state index contributed by atoms with van der Waals surface area (Å²) in [6.07, 6.45) is 1.23. The molecule has 1 aromatic heterocycles. The molecule has 0 aliphatic rings. The second-order valence-electron chi connectivity index (χ2n) is 3.86. The SMILES string of the molecule is O=C(NCc1ccccc1F)c1ncc(Cl)c(Cl)c1Cl. The quantitative estimate of drug-likeness (QED) is 0.918. The van der Waals surface area contributed by atoms with Gasteiger partial charge in [-0.3, -0.25) is 4.79 Å². The molecule has 0 fully saturated rings. The first-order valence-electron chi connectivity index (χ1n) is 5.51. The molecule has 3 nitrogen and oxygen atoms in total. The molecule has 1 aromatic carbocycles. The van der Waals surface area contributed by atoms with Gasteiger partial charge in [0.2, 0.25) is 0 Å². The zero-order valence-electron chi connectivity index (χ0n) is 9.96. The van der Waals surface area contributed by atoms with Crippen LogP contribution < -0.4 is 5.32 Å². The van der Waals surface area contributed by atoms with Crippen molar-refractivity contribution in [1.82, 2.24) is 10.3 Å². The maximum Gasteiger partial charge on any atom is 0.271 e. The number of pyridine rings is 1. The molecule has 1 N–H and O–H groups in total. The van der Waals surface area contributed by atoms with Gasteiger partial charge in [0.1, 0.15) is 11.5 Å². The highest BCUT2D eigenvalue weighted by atomic mass is 35.5. The zero-order valence-corrected chi connectivity index (χ0v) is 12.2. The normalized spacial score (nSPS) is 10.4. The number of aromatic nitrogens is 1. The van der Waals surface area contributed by atoms with Crippen molar-refractivity contribution >= 4 is 40.7 Å². The van der Waals surface area contributed by atoms with Crippen LogP contribution >= 0.6 is 34.8 Å². The third-order valence-corrected chi connectivity index (χ3v) is 3.77. The van der Waals surface area contributed by atoms with E-state index in [9.17, 15) is 9.18 Å². The van der Waals surface area contributed by atoms with E-state index in [1.165, 1.54) is 12.3 Å². The standard InChI is InChI=1S/C13H8Cl3FN2O/c14-8-6-18-12(11(16)10(8)15)13(20)19-5-7-3-1-2-4-9(7)17/h1-4,6H,5H2,(H,19,20). The van der Waals surface area contributed by atoms with Crippen LogP contribution in [0.5, 0.6) is 0 Å². The van der Waals surface area contributed by atoms with Crippen LogP contribution in [0.25, 0.3) is 0 Å². The van der Waals surface area contributed by atoms with Crippen molar-refractivity contribution in [2.75, 3.05) is 0 Å². The fourth-order valence-electron chi connectivity index (χ4n) is 1.50. The predicted octanol–water partition coefficient (Wildman–Crippen LogP) is 4.11. The summed E-state index contributed by atoms with van der Waals surface area (Å²) < 4.78 is 13.4. The predicted molar refractivity (Wildman–Crippen MR) is 76.8 cm³/mol. The van der Waals surface area contributed by atoms with E-state index in [0.717, 1.165) is 0 Å². The monoisotopic (exact) mass is 332 g/mol. The van der Waals surface area contributed by atoms with Gasteiger partial charge in [0.05, 0.1) is 15.1 Å². The third-order valence-electron chi connectivity index (χ3n) is 2.53. The Morgan fingerprint density at radius 2 is 1.90 bits per heavy atom. The number of hydrogen-bond acceptors (Lipinski definition) is 2. The van der Waals surface area contributed by atoms with Gasteiger partial charge in [-0.15, -0.1) is 0 Å². The van der Waals surface area contributed by atoms with Crippen molar-refractivity contribution in [3.63, 3.8) is 0 Å². The first-order valence-corrected chi connectivity index (χ1v) is 6.65. The minimum Gasteiger partial charge on any atom is -0.346 e. The molecule has 0 atom stereocenters. The number of halogens is 4. The highest BCUT2D eigenvalue weighted by Crippen LogP contribution is 2.30. The van der Waals surface area contributed by atoms with Crippen molar-refractivity contribution in [2.24, 2.45) is 0 Å². The average molecular weight is 334 g/mol. The Labute approximate surface area is 129 Å². The molecule has 0 aliphatic carbocycles. The Morgan fingerprint density at radius 1 is 1.20 bits per heavy atom. The van der Waals surface area contributed by atoms with E-state index >= 15 is 0 Å². The van der Waals surface area contributed by atoms with Crippen LogP contribution in [-0.2, 0) is 6.54 Å². The van der Waals surface area contributed by atoms with E-state index < -0.39 is 11.7 Å². The molecular formula is C13H8Cl3FN2O. The summed E-state index contributed by atoms with van der Waals surface area (Å²) in [5.74, 6) is -0.960. The molecule has 1 heterocycles. The number of hydrogen-bond donors (Lipinski definition) is 1. The third kappa shape index (κ3) is 3.20. The summed E-state index contributed by atoms with van der Waals surface area (Å²) in [4.78, 5) is 15.8. The van der Waals surface area contributed by atoms with Crippen LogP contribution in [0.15, 0.2) is 30.5 Å². The van der Waals surface area contributed by atoms with Crippen LogP contribution in [0.1, 0.15) is 16.1 Å². The fourth-order valence-corrected chi connectivity index (χ4v) is 2.07. The molecule has 0 aliphatic heterocycles. The Kier molecular flexibility index (Phi) is 4.81. The first-order chi connectivity index (χ1) is 9.50. The molecule has 0 unspecified atom stereocenters. The van der Waals surface area contributed by atoms with Gasteiger partial charge in [0.15, 0.2) is 0 Å². The second kappa shape index (κ2) is 6.39. The van der Waals surface area contributed by atoms with E-state index in [-0.39, 0.29) is 27.3 Å². The Hall–Kier alpha value is -1.36. The first kappa shape index (κ1) is 15.0. The van der Waals surface area contributed by atoms with E-state index in [1.807, 2.05) is 0 Å². The van der Waals surface area contributed by atoms with Crippen LogP contribution in [-0.4, -0.2) is 10.9 Å². The Balaban J connectivity index is 2.14. The van der Waals surface area contributed by atoms with Crippen molar-refractivity contribution in [3.05, 3.63) is 62.6 Å². The van der Waals surface area contributed by atoms with Gasteiger partial charge in [-0.2, -0.15) is 0 Å². The van der Waals surface area contributed by atoms with Gasteiger partial charge in [-0.1, -0.05) is 53.0 Å². The number of nitrogens with zero attached hydrogens (tertiary/aromatic N) is 1. The molecule has 0 radical (unpaired) electrons. The number of amides is 1. The molecule has 0 saturated heterocycles. The van der Waals surface area contributed by atoms with Gasteiger partial charge in [0.25, 0.3) is 5.91 Å². The lowest BCUT2D eigenvalue weighted by atomic mass is 10.2. The fraction of sp³-hybridized carbons (Fsp3) is 0.0769. The summed E-state index contributed by atoms with van der Waals surface area (Å²) >= 11 is 17.4. The van der Waals surface area contributed by atoms with Crippen LogP contribution in [0.2, 0.25) is 15.1 Å². The number of carbonyl (C=O) groups is 1. The van der Waals surface area contributed by atoms with Crippen LogP contribution in [0, 0.1) is 5.82 Å². The van der Waals surface area contributed by atoms with Crippen molar-refractivity contribution in [2.45, 2.75) is 6.54 Å². The van der Waals surface area contributed by atoms with E-state index in [2.05, 4.69) is 10.3 Å². The number of benzene rings is 1. The van der Waals surface area contributed by atoms with E-state index in [4.69, 9.17) is 34.8 Å². The Morgan fingerprint density at radius 3 is 2.60 bits per heavy atom. The van der Waals surface area contributed by atoms with Gasteiger partial charge in [-0.25, -0.2) is 9.37 Å². The summed E-state index contributed by atoms with van der Waals surface area (Å²) in [7, 11) is 0. The molecule has 0 saturated carbocycles. The topological polar surface area (TPSA) is 42.0 Å². The van der Waals surface area contributed by atoms with Crippen LogP contribution in [0.4, 0.5) is 4.39 Å². The summed E-state index contributed by atoms with van der Waals surface area (Å²) in [5.41, 5.74) is 0.300. The van der Waals surface area contributed by atoms with Crippen molar-refractivity contribution < 1.29 is 9.18 Å². The summed E-state index contributed by atoms with van der Waals surface area (Å²) in [5, 5.41) is 2.69. The van der Waals surface area contributed by atoms with Crippen molar-refractivity contribution in [1.29, 1.82) is 0 Å². The second-order valence-corrected chi connectivity index (χ2v) is 5.02. The van der Waals surface area contributed by atoms with Gasteiger partial charge in [-0.05, 0) is 6.07 Å². The molecular weight excluding hydrogens is 326 g/mol. The maximum absolute atomic E-state index is 13.4. The number of carbonyl (C=O) groups excluding carboxylic acids is 1. The number of rotatable bonds is 3. The summed E-state index contributed by atoms with van der Waals surface area (Å²) in [6, 6.07) is 6.12. The minimum atomic E-state index is -0.559. The molecule has 7 heteroatoms. The van der Waals surface area contributed by atoms with Crippen molar-refractivity contribution in [3.8, 4) is 0 Å².